The van der Waals surface area contributed by atoms with Gasteiger partial charge in [0.05, 0.1) is 4.90 Å². The number of primary sulfonamides is 1. The highest BCUT2D eigenvalue weighted by Crippen LogP contribution is 2.29. The zero-order chi connectivity index (χ0) is 18.0. The third kappa shape index (κ3) is 3.91. The molecule has 6 heteroatoms. The quantitative estimate of drug-likeness (QED) is 0.916. The fourth-order valence-corrected chi connectivity index (χ4v) is 3.95. The van der Waals surface area contributed by atoms with E-state index in [4.69, 9.17) is 5.14 Å². The monoisotopic (exact) mass is 358 g/mol. The maximum absolute atomic E-state index is 12.8. The summed E-state index contributed by atoms with van der Waals surface area (Å²) in [5.74, 6) is 0.266. The van der Waals surface area contributed by atoms with Gasteiger partial charge in [-0.3, -0.25) is 4.79 Å². The lowest BCUT2D eigenvalue weighted by atomic mass is 9.88. The van der Waals surface area contributed by atoms with Crippen molar-refractivity contribution >= 4 is 15.9 Å². The molecule has 5 nitrogen and oxygen atoms in total. The molecule has 0 aliphatic carbocycles. The molecule has 0 aromatic heterocycles. The van der Waals surface area contributed by atoms with Gasteiger partial charge in [0, 0.05) is 24.6 Å². The molecule has 2 aromatic carbocycles. The van der Waals surface area contributed by atoms with Crippen LogP contribution in [0.5, 0.6) is 0 Å². The Bertz CT molecular complexity index is 876. The first-order valence-electron chi connectivity index (χ1n) is 8.34. The van der Waals surface area contributed by atoms with E-state index in [2.05, 4.69) is 19.1 Å². The predicted octanol–water partition coefficient (Wildman–Crippen LogP) is 2.66. The van der Waals surface area contributed by atoms with Gasteiger partial charge in [0.1, 0.15) is 0 Å². The van der Waals surface area contributed by atoms with Crippen molar-refractivity contribution in [1.29, 1.82) is 0 Å². The van der Waals surface area contributed by atoms with E-state index in [0.29, 0.717) is 18.0 Å². The summed E-state index contributed by atoms with van der Waals surface area (Å²) in [7, 11) is -3.74. The van der Waals surface area contributed by atoms with Crippen molar-refractivity contribution in [2.24, 2.45) is 5.14 Å². The van der Waals surface area contributed by atoms with Crippen LogP contribution in [0.4, 0.5) is 0 Å². The van der Waals surface area contributed by atoms with Crippen LogP contribution >= 0.6 is 0 Å². The van der Waals surface area contributed by atoms with Crippen LogP contribution in [-0.4, -0.2) is 32.3 Å². The average molecular weight is 358 g/mol. The van der Waals surface area contributed by atoms with E-state index >= 15 is 0 Å². The number of nitrogens with two attached hydrogens (primary N) is 1. The average Bonchev–Trinajstić information content (AvgIpc) is 2.61. The minimum Gasteiger partial charge on any atom is -0.338 e. The van der Waals surface area contributed by atoms with Gasteiger partial charge >= 0.3 is 0 Å². The van der Waals surface area contributed by atoms with E-state index in [1.165, 1.54) is 35.4 Å². The molecule has 1 atom stereocenters. The van der Waals surface area contributed by atoms with Gasteiger partial charge in [0.2, 0.25) is 10.0 Å². The van der Waals surface area contributed by atoms with Gasteiger partial charge in [-0.1, -0.05) is 24.3 Å². The Morgan fingerprint density at radius 2 is 1.80 bits per heavy atom. The second kappa shape index (κ2) is 6.98. The summed E-state index contributed by atoms with van der Waals surface area (Å²) in [5.41, 5.74) is 3.03. The number of amides is 1. The molecular formula is C19H22N2O3S. The van der Waals surface area contributed by atoms with Crippen LogP contribution in [0.1, 0.15) is 40.2 Å². The van der Waals surface area contributed by atoms with E-state index < -0.39 is 10.0 Å². The van der Waals surface area contributed by atoms with Gasteiger partial charge in [0.25, 0.3) is 5.91 Å². The van der Waals surface area contributed by atoms with Crippen molar-refractivity contribution in [1.82, 2.24) is 4.90 Å². The summed E-state index contributed by atoms with van der Waals surface area (Å²) >= 11 is 0. The molecule has 1 saturated heterocycles. The molecular weight excluding hydrogens is 336 g/mol. The first-order chi connectivity index (χ1) is 11.9. The molecule has 25 heavy (non-hydrogen) atoms. The minimum atomic E-state index is -3.74. The van der Waals surface area contributed by atoms with Crippen molar-refractivity contribution < 1.29 is 13.2 Å². The van der Waals surface area contributed by atoms with Gasteiger partial charge in [-0.25, -0.2) is 13.6 Å². The normalized spacial score (nSPS) is 18.2. The number of nitrogens with zero attached hydrogens (tertiary/aromatic N) is 1. The molecule has 2 N–H and O–H groups in total. The van der Waals surface area contributed by atoms with Gasteiger partial charge in [-0.05, 0) is 55.2 Å². The molecule has 0 saturated carbocycles. The van der Waals surface area contributed by atoms with Crippen LogP contribution in [0.3, 0.4) is 0 Å². The van der Waals surface area contributed by atoms with Crippen molar-refractivity contribution in [3.63, 3.8) is 0 Å². The summed E-state index contributed by atoms with van der Waals surface area (Å²) in [6, 6.07) is 14.1. The molecule has 1 aliphatic heterocycles. The third-order valence-electron chi connectivity index (χ3n) is 4.77. The first kappa shape index (κ1) is 17.6. The second-order valence-electron chi connectivity index (χ2n) is 6.52. The third-order valence-corrected chi connectivity index (χ3v) is 5.70. The summed E-state index contributed by atoms with van der Waals surface area (Å²) in [4.78, 5) is 14.6. The number of hydrogen-bond donors (Lipinski definition) is 1. The summed E-state index contributed by atoms with van der Waals surface area (Å²) in [6.45, 7) is 3.50. The van der Waals surface area contributed by atoms with E-state index in [-0.39, 0.29) is 10.8 Å². The summed E-state index contributed by atoms with van der Waals surface area (Å²) in [6.07, 6.45) is 2.03. The maximum Gasteiger partial charge on any atom is 0.253 e. The predicted molar refractivity (Wildman–Crippen MR) is 96.9 cm³/mol. The Hall–Kier alpha value is -2.18. The van der Waals surface area contributed by atoms with Crippen LogP contribution in [-0.2, 0) is 10.0 Å². The number of carbonyl (C=O) groups excluding carboxylic acids is 1. The highest BCUT2D eigenvalue weighted by atomic mass is 32.2. The topological polar surface area (TPSA) is 80.5 Å². The first-order valence-corrected chi connectivity index (χ1v) is 9.88. The Morgan fingerprint density at radius 1 is 1.12 bits per heavy atom. The van der Waals surface area contributed by atoms with Crippen molar-refractivity contribution in [3.05, 3.63) is 65.2 Å². The van der Waals surface area contributed by atoms with Crippen LogP contribution in [0.25, 0.3) is 0 Å². The second-order valence-corrected chi connectivity index (χ2v) is 8.08. The number of likely N-dealkylation sites (tertiary alicyclic amines) is 1. The number of sulfonamides is 1. The largest absolute Gasteiger partial charge is 0.338 e. The highest BCUT2D eigenvalue weighted by molar-refractivity contribution is 7.89. The van der Waals surface area contributed by atoms with E-state index in [1.807, 2.05) is 17.0 Å². The van der Waals surface area contributed by atoms with Gasteiger partial charge in [0.15, 0.2) is 0 Å². The Labute approximate surface area is 148 Å². The smallest absolute Gasteiger partial charge is 0.253 e. The van der Waals surface area contributed by atoms with Crippen LogP contribution in [0.15, 0.2) is 53.4 Å². The van der Waals surface area contributed by atoms with Crippen LogP contribution < -0.4 is 5.14 Å². The molecule has 0 spiro atoms. The molecule has 1 aliphatic rings. The summed E-state index contributed by atoms with van der Waals surface area (Å²) in [5, 5.41) is 5.10. The Balaban J connectivity index is 1.77. The maximum atomic E-state index is 12.8. The van der Waals surface area contributed by atoms with E-state index in [1.54, 1.807) is 0 Å². The highest BCUT2D eigenvalue weighted by Gasteiger charge is 2.26. The summed E-state index contributed by atoms with van der Waals surface area (Å²) < 4.78 is 22.7. The van der Waals surface area contributed by atoms with Crippen LogP contribution in [0.2, 0.25) is 0 Å². The lowest BCUT2D eigenvalue weighted by molar-refractivity contribution is 0.0707. The fraction of sp³-hybridized carbons (Fsp3) is 0.316. The number of benzene rings is 2. The Kier molecular flexibility index (Phi) is 4.92. The van der Waals surface area contributed by atoms with Crippen molar-refractivity contribution in [3.8, 4) is 0 Å². The molecule has 0 bridgehead atoms. The molecule has 132 valence electrons. The van der Waals surface area contributed by atoms with Gasteiger partial charge < -0.3 is 4.90 Å². The minimum absolute atomic E-state index is 0.0143. The lowest BCUT2D eigenvalue weighted by Gasteiger charge is -2.33. The molecule has 1 amide bonds. The lowest BCUT2D eigenvalue weighted by Crippen LogP contribution is -2.39. The number of hydrogen-bond acceptors (Lipinski definition) is 3. The molecule has 0 radical (unpaired) electrons. The number of carbonyl (C=O) groups is 1. The zero-order valence-electron chi connectivity index (χ0n) is 14.2. The zero-order valence-corrected chi connectivity index (χ0v) is 15.0. The van der Waals surface area contributed by atoms with Gasteiger partial charge in [-0.15, -0.1) is 0 Å². The van der Waals surface area contributed by atoms with Crippen molar-refractivity contribution in [2.45, 2.75) is 30.6 Å². The van der Waals surface area contributed by atoms with E-state index in [9.17, 15) is 13.2 Å². The number of aryl methyl sites for hydroxylation is 1. The van der Waals surface area contributed by atoms with Crippen LogP contribution in [0, 0.1) is 6.92 Å². The van der Waals surface area contributed by atoms with Crippen molar-refractivity contribution in [2.75, 3.05) is 13.1 Å². The van der Waals surface area contributed by atoms with Gasteiger partial charge in [-0.2, -0.15) is 0 Å². The molecule has 3 rings (SSSR count). The molecule has 1 unspecified atom stereocenters. The Morgan fingerprint density at radius 3 is 2.44 bits per heavy atom. The number of rotatable bonds is 3. The SMILES string of the molecule is Cc1ccccc1C1CCCN(C(=O)c2ccc(S(N)(=O)=O)cc2)C1. The standard InChI is InChI=1S/C19H22N2O3S/c1-14-5-2-3-7-18(14)16-6-4-12-21(13-16)19(22)15-8-10-17(11-9-15)25(20,23)24/h2-3,5,7-11,16H,4,6,12-13H2,1H3,(H2,20,23,24). The fourth-order valence-electron chi connectivity index (χ4n) is 3.43. The molecule has 2 aromatic rings. The number of piperidine rings is 1. The van der Waals surface area contributed by atoms with E-state index in [0.717, 1.165) is 19.4 Å². The molecule has 1 heterocycles. The molecule has 1 fully saturated rings.